The van der Waals surface area contributed by atoms with Crippen molar-refractivity contribution in [3.05, 3.63) is 35.0 Å². The van der Waals surface area contributed by atoms with Crippen LogP contribution in [0.3, 0.4) is 0 Å². The number of hydrogen-bond donors (Lipinski definition) is 2. The van der Waals surface area contributed by atoms with Gasteiger partial charge in [0.25, 0.3) is 0 Å². The third-order valence-electron chi connectivity index (χ3n) is 2.11. The van der Waals surface area contributed by atoms with Gasteiger partial charge in [0.2, 0.25) is 0 Å². The standard InChI is InChI=1S/C12H16N2O2/c1-8(2)6-7-13-11-5-4-10(12(15)16)9(3)14-11/h4-6H,7H2,1-3H3,(H,13,14)(H,15,16). The van der Waals surface area contributed by atoms with Crippen LogP contribution in [-0.4, -0.2) is 22.6 Å². The number of aryl methyl sites for hydroxylation is 1. The number of carboxylic acids is 1. The first-order valence-corrected chi connectivity index (χ1v) is 5.09. The van der Waals surface area contributed by atoms with Crippen LogP contribution < -0.4 is 5.32 Å². The number of allylic oxidation sites excluding steroid dienone is 1. The van der Waals surface area contributed by atoms with Crippen LogP contribution in [0.1, 0.15) is 29.9 Å². The molecular weight excluding hydrogens is 204 g/mol. The highest BCUT2D eigenvalue weighted by Crippen LogP contribution is 2.10. The summed E-state index contributed by atoms with van der Waals surface area (Å²) in [5, 5.41) is 11.9. The first kappa shape index (κ1) is 12.2. The number of aromatic carboxylic acids is 1. The molecule has 0 spiro atoms. The zero-order valence-electron chi connectivity index (χ0n) is 9.74. The molecule has 0 atom stereocenters. The second-order valence-corrected chi connectivity index (χ2v) is 3.80. The maximum atomic E-state index is 10.8. The van der Waals surface area contributed by atoms with E-state index in [4.69, 9.17) is 5.11 Å². The Bertz CT molecular complexity index is 421. The highest BCUT2D eigenvalue weighted by atomic mass is 16.4. The van der Waals surface area contributed by atoms with Crippen LogP contribution in [0.2, 0.25) is 0 Å². The van der Waals surface area contributed by atoms with Gasteiger partial charge >= 0.3 is 5.97 Å². The monoisotopic (exact) mass is 220 g/mol. The summed E-state index contributed by atoms with van der Waals surface area (Å²) in [4.78, 5) is 14.9. The topological polar surface area (TPSA) is 62.2 Å². The molecule has 0 saturated heterocycles. The van der Waals surface area contributed by atoms with Crippen molar-refractivity contribution in [1.29, 1.82) is 0 Å². The van der Waals surface area contributed by atoms with Crippen LogP contribution in [0.5, 0.6) is 0 Å². The van der Waals surface area contributed by atoms with E-state index in [9.17, 15) is 4.79 Å². The molecular formula is C12H16N2O2. The minimum atomic E-state index is -0.944. The van der Waals surface area contributed by atoms with Gasteiger partial charge in [-0.05, 0) is 32.9 Å². The molecule has 0 aliphatic heterocycles. The molecule has 4 heteroatoms. The minimum Gasteiger partial charge on any atom is -0.478 e. The summed E-state index contributed by atoms with van der Waals surface area (Å²) >= 11 is 0. The van der Waals surface area contributed by atoms with Gasteiger partial charge in [0, 0.05) is 6.54 Å². The lowest BCUT2D eigenvalue weighted by molar-refractivity contribution is 0.0695. The lowest BCUT2D eigenvalue weighted by atomic mass is 10.2. The zero-order valence-corrected chi connectivity index (χ0v) is 9.74. The summed E-state index contributed by atoms with van der Waals surface area (Å²) in [5.41, 5.74) is 1.99. The molecule has 1 aromatic rings. The Kier molecular flexibility index (Phi) is 4.05. The van der Waals surface area contributed by atoms with Crippen molar-refractivity contribution in [3.8, 4) is 0 Å². The minimum absolute atomic E-state index is 0.243. The van der Waals surface area contributed by atoms with E-state index in [-0.39, 0.29) is 5.56 Å². The fourth-order valence-electron chi connectivity index (χ4n) is 1.25. The van der Waals surface area contributed by atoms with Gasteiger partial charge in [-0.2, -0.15) is 0 Å². The highest BCUT2D eigenvalue weighted by molar-refractivity contribution is 5.89. The smallest absolute Gasteiger partial charge is 0.337 e. The Morgan fingerprint density at radius 2 is 2.19 bits per heavy atom. The van der Waals surface area contributed by atoms with E-state index in [1.54, 1.807) is 19.1 Å². The van der Waals surface area contributed by atoms with E-state index >= 15 is 0 Å². The molecule has 0 radical (unpaired) electrons. The average molecular weight is 220 g/mol. The van der Waals surface area contributed by atoms with Crippen molar-refractivity contribution < 1.29 is 9.90 Å². The second kappa shape index (κ2) is 5.30. The number of nitrogens with zero attached hydrogens (tertiary/aromatic N) is 1. The van der Waals surface area contributed by atoms with Crippen molar-refractivity contribution in [2.24, 2.45) is 0 Å². The molecule has 0 aromatic carbocycles. The molecule has 2 N–H and O–H groups in total. The summed E-state index contributed by atoms with van der Waals surface area (Å²) in [6, 6.07) is 3.24. The van der Waals surface area contributed by atoms with Gasteiger partial charge in [-0.15, -0.1) is 0 Å². The van der Waals surface area contributed by atoms with Crippen molar-refractivity contribution in [1.82, 2.24) is 4.98 Å². The van der Waals surface area contributed by atoms with Crippen molar-refractivity contribution in [2.45, 2.75) is 20.8 Å². The number of carbonyl (C=O) groups is 1. The third-order valence-corrected chi connectivity index (χ3v) is 2.11. The molecule has 16 heavy (non-hydrogen) atoms. The van der Waals surface area contributed by atoms with Crippen LogP contribution >= 0.6 is 0 Å². The molecule has 1 aromatic heterocycles. The Labute approximate surface area is 95.0 Å². The molecule has 4 nitrogen and oxygen atoms in total. The van der Waals surface area contributed by atoms with E-state index in [0.29, 0.717) is 18.1 Å². The number of anilines is 1. The largest absolute Gasteiger partial charge is 0.478 e. The van der Waals surface area contributed by atoms with Gasteiger partial charge in [0.15, 0.2) is 0 Å². The molecule has 0 bridgehead atoms. The molecule has 0 amide bonds. The number of carboxylic acid groups (broad SMARTS) is 1. The summed E-state index contributed by atoms with van der Waals surface area (Å²) in [7, 11) is 0. The lowest BCUT2D eigenvalue weighted by Crippen LogP contribution is -2.06. The molecule has 0 aliphatic carbocycles. The van der Waals surface area contributed by atoms with Crippen LogP contribution in [0.15, 0.2) is 23.8 Å². The fraction of sp³-hybridized carbons (Fsp3) is 0.333. The van der Waals surface area contributed by atoms with Gasteiger partial charge in [-0.1, -0.05) is 11.6 Å². The van der Waals surface area contributed by atoms with Crippen molar-refractivity contribution in [2.75, 3.05) is 11.9 Å². The first-order chi connectivity index (χ1) is 7.50. The van der Waals surface area contributed by atoms with Crippen molar-refractivity contribution >= 4 is 11.8 Å². The number of pyridine rings is 1. The zero-order chi connectivity index (χ0) is 12.1. The van der Waals surface area contributed by atoms with Crippen LogP contribution in [0.4, 0.5) is 5.82 Å². The first-order valence-electron chi connectivity index (χ1n) is 5.09. The molecule has 0 unspecified atom stereocenters. The van der Waals surface area contributed by atoms with E-state index in [1.807, 2.05) is 19.9 Å². The maximum Gasteiger partial charge on any atom is 0.337 e. The normalized spacial score (nSPS) is 9.69. The Morgan fingerprint density at radius 3 is 2.69 bits per heavy atom. The predicted octanol–water partition coefficient (Wildman–Crippen LogP) is 2.47. The Balaban J connectivity index is 2.74. The number of hydrogen-bond acceptors (Lipinski definition) is 3. The highest BCUT2D eigenvalue weighted by Gasteiger charge is 2.07. The quantitative estimate of drug-likeness (QED) is 0.765. The van der Waals surface area contributed by atoms with E-state index in [2.05, 4.69) is 10.3 Å². The number of nitrogens with one attached hydrogen (secondary N) is 1. The molecule has 1 heterocycles. The van der Waals surface area contributed by atoms with Gasteiger partial charge in [0.1, 0.15) is 5.82 Å². The number of rotatable bonds is 4. The molecule has 86 valence electrons. The summed E-state index contributed by atoms with van der Waals surface area (Å²) in [6.07, 6.45) is 2.04. The fourth-order valence-corrected chi connectivity index (χ4v) is 1.25. The van der Waals surface area contributed by atoms with Gasteiger partial charge in [0.05, 0.1) is 11.3 Å². The van der Waals surface area contributed by atoms with Gasteiger partial charge in [-0.3, -0.25) is 0 Å². The summed E-state index contributed by atoms with van der Waals surface area (Å²) in [5.74, 6) is -0.249. The van der Waals surface area contributed by atoms with Gasteiger partial charge < -0.3 is 10.4 Å². The predicted molar refractivity (Wildman–Crippen MR) is 63.9 cm³/mol. The van der Waals surface area contributed by atoms with Crippen molar-refractivity contribution in [3.63, 3.8) is 0 Å². The molecule has 0 fully saturated rings. The van der Waals surface area contributed by atoms with E-state index in [0.717, 1.165) is 0 Å². The third kappa shape index (κ3) is 3.38. The number of aromatic nitrogens is 1. The average Bonchev–Trinajstić information content (AvgIpc) is 2.16. The van der Waals surface area contributed by atoms with Gasteiger partial charge in [-0.25, -0.2) is 9.78 Å². The second-order valence-electron chi connectivity index (χ2n) is 3.80. The molecule has 0 saturated carbocycles. The SMILES string of the molecule is CC(C)=CCNc1ccc(C(=O)O)c(C)n1. The summed E-state index contributed by atoms with van der Waals surface area (Å²) in [6.45, 7) is 6.43. The molecule has 0 aliphatic rings. The van der Waals surface area contributed by atoms with E-state index < -0.39 is 5.97 Å². The lowest BCUT2D eigenvalue weighted by Gasteiger charge is -2.05. The van der Waals surface area contributed by atoms with Crippen LogP contribution in [-0.2, 0) is 0 Å². The van der Waals surface area contributed by atoms with E-state index in [1.165, 1.54) is 5.57 Å². The van der Waals surface area contributed by atoms with Crippen LogP contribution in [0.25, 0.3) is 0 Å². The summed E-state index contributed by atoms with van der Waals surface area (Å²) < 4.78 is 0. The van der Waals surface area contributed by atoms with Crippen LogP contribution in [0, 0.1) is 6.92 Å². The molecule has 1 rings (SSSR count). The Hall–Kier alpha value is -1.84. The maximum absolute atomic E-state index is 10.8. The Morgan fingerprint density at radius 1 is 1.50 bits per heavy atom.